The van der Waals surface area contributed by atoms with Crippen LogP contribution in [0.15, 0.2) is 28.7 Å². The smallest absolute Gasteiger partial charge is 0.412 e. The fourth-order valence-electron chi connectivity index (χ4n) is 1.32. The maximum atomic E-state index is 11.5. The van der Waals surface area contributed by atoms with Crippen LogP contribution in [0, 0.1) is 0 Å². The summed E-state index contributed by atoms with van der Waals surface area (Å²) in [7, 11) is 0. The molecular formula is C11H10ClN3O3. The maximum Gasteiger partial charge on any atom is 0.412 e. The number of hydrogen-bond donors (Lipinski definition) is 2. The van der Waals surface area contributed by atoms with Crippen molar-refractivity contribution >= 4 is 17.5 Å². The molecule has 2 rings (SSSR count). The topological polar surface area (TPSA) is 88.2 Å². The number of rotatable bonds is 4. The van der Waals surface area contributed by atoms with Gasteiger partial charge in [0.25, 0.3) is 0 Å². The Labute approximate surface area is 108 Å². The van der Waals surface area contributed by atoms with Crippen LogP contribution >= 0.6 is 11.6 Å². The Bertz CT molecular complexity index is 539. The first-order valence-corrected chi connectivity index (χ1v) is 5.54. The summed E-state index contributed by atoms with van der Waals surface area (Å²) in [5.74, 6) is -0.199. The van der Waals surface area contributed by atoms with Gasteiger partial charge < -0.3 is 14.8 Å². The molecule has 0 saturated carbocycles. The summed E-state index contributed by atoms with van der Waals surface area (Å²) in [6, 6.07) is 7.14. The second kappa shape index (κ2) is 5.50. The van der Waals surface area contributed by atoms with Gasteiger partial charge in [-0.25, -0.2) is 0 Å². The zero-order valence-corrected chi connectivity index (χ0v) is 10.0. The molecule has 0 aliphatic carbocycles. The number of amides is 1. The fraction of sp³-hybridized carbons (Fsp3) is 0.182. The minimum absolute atomic E-state index is 0.0683. The highest BCUT2D eigenvalue weighted by molar-refractivity contribution is 6.30. The zero-order chi connectivity index (χ0) is 13.0. The van der Waals surface area contributed by atoms with Crippen molar-refractivity contribution in [1.82, 2.24) is 15.5 Å². The third-order valence-electron chi connectivity index (χ3n) is 2.17. The van der Waals surface area contributed by atoms with E-state index in [1.165, 1.54) is 0 Å². The molecule has 2 aromatic rings. The minimum atomic E-state index is -0.546. The predicted molar refractivity (Wildman–Crippen MR) is 63.0 cm³/mol. The maximum absolute atomic E-state index is 11.5. The van der Waals surface area contributed by atoms with Gasteiger partial charge in [0.05, 0.1) is 0 Å². The molecule has 0 aliphatic rings. The van der Waals surface area contributed by atoms with Crippen LogP contribution in [0.2, 0.25) is 5.02 Å². The molecule has 1 amide bonds. The van der Waals surface area contributed by atoms with Crippen molar-refractivity contribution in [3.63, 3.8) is 0 Å². The molecule has 6 nitrogen and oxygen atoms in total. The van der Waals surface area contributed by atoms with E-state index in [9.17, 15) is 4.79 Å². The van der Waals surface area contributed by atoms with Gasteiger partial charge in [0.15, 0.2) is 0 Å². The number of aromatic hydroxyl groups is 1. The molecule has 18 heavy (non-hydrogen) atoms. The second-order valence-corrected chi connectivity index (χ2v) is 3.99. The van der Waals surface area contributed by atoms with Gasteiger partial charge in [-0.1, -0.05) is 28.8 Å². The summed E-state index contributed by atoms with van der Waals surface area (Å²) in [5.41, 5.74) is 0.932. The molecule has 0 aliphatic heterocycles. The summed E-state index contributed by atoms with van der Waals surface area (Å²) >= 11 is 5.75. The summed E-state index contributed by atoms with van der Waals surface area (Å²) in [6.07, 6.45) is -0.614. The Kier molecular flexibility index (Phi) is 3.78. The first-order valence-electron chi connectivity index (χ1n) is 5.16. The van der Waals surface area contributed by atoms with Gasteiger partial charge in [0, 0.05) is 11.6 Å². The molecule has 2 N–H and O–H groups in total. The summed E-state index contributed by atoms with van der Waals surface area (Å²) in [6.45, 7) is 0.385. The van der Waals surface area contributed by atoms with E-state index >= 15 is 0 Å². The molecule has 0 saturated heterocycles. The van der Waals surface area contributed by atoms with E-state index in [0.717, 1.165) is 5.56 Å². The van der Waals surface area contributed by atoms with Crippen molar-refractivity contribution in [2.24, 2.45) is 0 Å². The lowest BCUT2D eigenvalue weighted by molar-refractivity contribution is -0.120. The van der Waals surface area contributed by atoms with Crippen LogP contribution in [0.4, 0.5) is 0 Å². The highest BCUT2D eigenvalue weighted by Gasteiger charge is 2.09. The number of benzene rings is 1. The van der Waals surface area contributed by atoms with Crippen LogP contribution in [0.1, 0.15) is 11.5 Å². The molecule has 0 unspecified atom stereocenters. The molecule has 1 heterocycles. The van der Waals surface area contributed by atoms with Crippen LogP contribution in [-0.4, -0.2) is 21.2 Å². The highest BCUT2D eigenvalue weighted by atomic mass is 35.5. The Morgan fingerprint density at radius 1 is 1.33 bits per heavy atom. The molecule has 94 valence electrons. The lowest BCUT2D eigenvalue weighted by atomic mass is 10.2. The Morgan fingerprint density at radius 3 is 2.67 bits per heavy atom. The van der Waals surface area contributed by atoms with Crippen LogP contribution in [0.3, 0.4) is 0 Å². The molecule has 0 spiro atoms. The first kappa shape index (κ1) is 12.4. The second-order valence-electron chi connectivity index (χ2n) is 3.56. The zero-order valence-electron chi connectivity index (χ0n) is 9.26. The third kappa shape index (κ3) is 3.46. The standard InChI is InChI=1S/C11H10ClN3O3/c12-8-3-1-7(2-4-8)6-13-9(16)5-10-14-15-11(17)18-10/h1-4H,5-6H2,(H,13,16)(H,15,17). The lowest BCUT2D eigenvalue weighted by Crippen LogP contribution is -2.24. The molecule has 1 aromatic carbocycles. The normalized spacial score (nSPS) is 10.3. The summed E-state index contributed by atoms with van der Waals surface area (Å²) in [5, 5.41) is 18.9. The number of carbonyl (C=O) groups excluding carboxylic acids is 1. The van der Waals surface area contributed by atoms with Crippen molar-refractivity contribution < 1.29 is 14.3 Å². The van der Waals surface area contributed by atoms with Crippen LogP contribution < -0.4 is 5.32 Å². The van der Waals surface area contributed by atoms with Gasteiger partial charge >= 0.3 is 6.08 Å². The molecule has 0 atom stereocenters. The monoisotopic (exact) mass is 267 g/mol. The average Bonchev–Trinajstić information content (AvgIpc) is 2.74. The van der Waals surface area contributed by atoms with E-state index in [4.69, 9.17) is 16.7 Å². The summed E-state index contributed by atoms with van der Waals surface area (Å²) in [4.78, 5) is 11.5. The molecule has 1 aromatic heterocycles. The molecular weight excluding hydrogens is 258 g/mol. The number of hydrogen-bond acceptors (Lipinski definition) is 5. The van der Waals surface area contributed by atoms with Gasteiger partial charge in [-0.05, 0) is 17.7 Å². The van der Waals surface area contributed by atoms with E-state index in [0.29, 0.717) is 11.6 Å². The highest BCUT2D eigenvalue weighted by Crippen LogP contribution is 2.09. The third-order valence-corrected chi connectivity index (χ3v) is 2.42. The predicted octanol–water partition coefficient (Wildman–Crippen LogP) is 1.29. The van der Waals surface area contributed by atoms with Crippen molar-refractivity contribution in [3.05, 3.63) is 40.7 Å². The molecule has 0 fully saturated rings. The number of nitrogens with zero attached hydrogens (tertiary/aromatic N) is 2. The van der Waals surface area contributed by atoms with Crippen LogP contribution in [-0.2, 0) is 17.8 Å². The number of carbonyl (C=O) groups is 1. The Balaban J connectivity index is 1.83. The lowest BCUT2D eigenvalue weighted by Gasteiger charge is -2.03. The van der Waals surface area contributed by atoms with Gasteiger partial charge in [0.1, 0.15) is 6.42 Å². The first-order chi connectivity index (χ1) is 8.63. The average molecular weight is 268 g/mol. The quantitative estimate of drug-likeness (QED) is 0.871. The van der Waals surface area contributed by atoms with E-state index in [1.807, 2.05) is 12.1 Å². The van der Waals surface area contributed by atoms with E-state index in [1.54, 1.807) is 12.1 Å². The Morgan fingerprint density at radius 2 is 2.06 bits per heavy atom. The van der Waals surface area contributed by atoms with Gasteiger partial charge in [0.2, 0.25) is 11.8 Å². The van der Waals surface area contributed by atoms with Gasteiger partial charge in [-0.2, -0.15) is 0 Å². The fourth-order valence-corrected chi connectivity index (χ4v) is 1.44. The number of nitrogens with one attached hydrogen (secondary N) is 1. The van der Waals surface area contributed by atoms with Crippen LogP contribution in [0.5, 0.6) is 6.08 Å². The van der Waals surface area contributed by atoms with Gasteiger partial charge in [-0.15, -0.1) is 5.10 Å². The van der Waals surface area contributed by atoms with E-state index in [-0.39, 0.29) is 18.2 Å². The van der Waals surface area contributed by atoms with E-state index in [2.05, 4.69) is 19.9 Å². The van der Waals surface area contributed by atoms with Crippen molar-refractivity contribution in [1.29, 1.82) is 0 Å². The summed E-state index contributed by atoms with van der Waals surface area (Å²) < 4.78 is 4.68. The SMILES string of the molecule is O=C(Cc1nnc(O)o1)NCc1ccc(Cl)cc1. The Hall–Kier alpha value is -2.08. The van der Waals surface area contributed by atoms with Crippen molar-refractivity contribution in [2.75, 3.05) is 0 Å². The molecule has 7 heteroatoms. The minimum Gasteiger partial charge on any atom is -0.465 e. The van der Waals surface area contributed by atoms with E-state index < -0.39 is 6.08 Å². The van der Waals surface area contributed by atoms with Crippen molar-refractivity contribution in [2.45, 2.75) is 13.0 Å². The van der Waals surface area contributed by atoms with Gasteiger partial charge in [-0.3, -0.25) is 4.79 Å². The van der Waals surface area contributed by atoms with Crippen molar-refractivity contribution in [3.8, 4) is 6.08 Å². The largest absolute Gasteiger partial charge is 0.465 e. The molecule has 0 radical (unpaired) electrons. The number of halogens is 1. The van der Waals surface area contributed by atoms with Crippen LogP contribution in [0.25, 0.3) is 0 Å². The molecule has 0 bridgehead atoms. The number of aromatic nitrogens is 2.